The van der Waals surface area contributed by atoms with E-state index in [2.05, 4.69) is 11.4 Å². The van der Waals surface area contributed by atoms with Crippen LogP contribution < -0.4 is 5.32 Å². The van der Waals surface area contributed by atoms with Gasteiger partial charge in [0, 0.05) is 29.1 Å². The number of aryl methyl sites for hydroxylation is 2. The third-order valence-corrected chi connectivity index (χ3v) is 8.24. The minimum Gasteiger partial charge on any atom is -0.349 e. The Labute approximate surface area is 194 Å². The maximum absolute atomic E-state index is 12.8. The van der Waals surface area contributed by atoms with Gasteiger partial charge in [-0.25, -0.2) is 12.7 Å². The summed E-state index contributed by atoms with van der Waals surface area (Å²) in [6, 6.07) is 10.9. The number of nitrogens with zero attached hydrogens (tertiary/aromatic N) is 1. The second-order valence-electron chi connectivity index (χ2n) is 8.26. The first-order valence-corrected chi connectivity index (χ1v) is 12.7. The van der Waals surface area contributed by atoms with E-state index in [1.54, 1.807) is 18.2 Å². The van der Waals surface area contributed by atoms with E-state index in [4.69, 9.17) is 23.2 Å². The van der Waals surface area contributed by atoms with Gasteiger partial charge in [-0.3, -0.25) is 4.79 Å². The summed E-state index contributed by atoms with van der Waals surface area (Å²) >= 11 is 12.0. The molecule has 1 amide bonds. The molecule has 5 nitrogen and oxygen atoms in total. The molecule has 0 saturated carbocycles. The highest BCUT2D eigenvalue weighted by Crippen LogP contribution is 2.27. The molecule has 1 atom stereocenters. The van der Waals surface area contributed by atoms with Crippen LogP contribution in [0.2, 0.25) is 10.0 Å². The van der Waals surface area contributed by atoms with Crippen LogP contribution in [-0.4, -0.2) is 31.7 Å². The normalized spacial score (nSPS) is 16.8. The van der Waals surface area contributed by atoms with Gasteiger partial charge in [-0.05, 0) is 62.4 Å². The van der Waals surface area contributed by atoms with Gasteiger partial charge in [0.05, 0.1) is 11.8 Å². The van der Waals surface area contributed by atoms with Crippen molar-refractivity contribution >= 4 is 39.1 Å². The van der Waals surface area contributed by atoms with Gasteiger partial charge >= 0.3 is 0 Å². The Kier molecular flexibility index (Phi) is 7.68. The number of carbonyl (C=O) groups excluding carboxylic acids is 1. The fourth-order valence-corrected chi connectivity index (χ4v) is 6.19. The van der Waals surface area contributed by atoms with Crippen molar-refractivity contribution in [3.8, 4) is 0 Å². The van der Waals surface area contributed by atoms with Crippen LogP contribution in [0.3, 0.4) is 0 Å². The molecule has 0 bridgehead atoms. The zero-order valence-electron chi connectivity index (χ0n) is 18.0. The fraction of sp³-hybridized carbons (Fsp3) is 0.435. The first-order valence-electron chi connectivity index (χ1n) is 10.4. The fourth-order valence-electron chi connectivity index (χ4n) is 4.04. The smallest absolute Gasteiger partial charge is 0.223 e. The third kappa shape index (κ3) is 6.01. The summed E-state index contributed by atoms with van der Waals surface area (Å²) in [4.78, 5) is 12.8. The Morgan fingerprint density at radius 3 is 2.42 bits per heavy atom. The van der Waals surface area contributed by atoms with Crippen molar-refractivity contribution in [1.82, 2.24) is 9.62 Å². The zero-order valence-corrected chi connectivity index (χ0v) is 20.3. The van der Waals surface area contributed by atoms with Crippen LogP contribution in [0.5, 0.6) is 0 Å². The number of nitrogens with one attached hydrogen (secondary N) is 1. The van der Waals surface area contributed by atoms with E-state index in [-0.39, 0.29) is 23.6 Å². The summed E-state index contributed by atoms with van der Waals surface area (Å²) in [5.74, 6) is -0.395. The van der Waals surface area contributed by atoms with Crippen LogP contribution >= 0.6 is 23.2 Å². The molecule has 1 N–H and O–H groups in total. The van der Waals surface area contributed by atoms with E-state index in [9.17, 15) is 13.2 Å². The van der Waals surface area contributed by atoms with Crippen molar-refractivity contribution in [2.24, 2.45) is 5.92 Å². The highest BCUT2D eigenvalue weighted by Gasteiger charge is 2.32. The van der Waals surface area contributed by atoms with Gasteiger partial charge in [0.25, 0.3) is 0 Å². The molecule has 0 radical (unpaired) electrons. The van der Waals surface area contributed by atoms with E-state index < -0.39 is 10.0 Å². The number of carbonyl (C=O) groups is 1. The highest BCUT2D eigenvalue weighted by atomic mass is 35.5. The summed E-state index contributed by atoms with van der Waals surface area (Å²) in [6.07, 6.45) is 0.998. The lowest BCUT2D eigenvalue weighted by molar-refractivity contribution is -0.126. The Hall–Kier alpha value is -1.60. The quantitative estimate of drug-likeness (QED) is 0.627. The summed E-state index contributed by atoms with van der Waals surface area (Å²) < 4.78 is 27.1. The van der Waals surface area contributed by atoms with Gasteiger partial charge in [-0.1, -0.05) is 53.0 Å². The van der Waals surface area contributed by atoms with Gasteiger partial charge in [0.1, 0.15) is 0 Å². The molecule has 0 aromatic heterocycles. The summed E-state index contributed by atoms with van der Waals surface area (Å²) in [7, 11) is -3.52. The standard InChI is InChI=1S/C23H28Cl2N2O3S/c1-15-4-7-21(16(2)12-15)17(3)26-23(28)18-8-10-27(11-9-18)31(29,30)14-19-5-6-20(24)13-22(19)25/h4-7,12-13,17-18H,8-11,14H2,1-3H3,(H,26,28)/t17-/m0/s1. The lowest BCUT2D eigenvalue weighted by atomic mass is 9.95. The molecular formula is C23H28Cl2N2O3S. The van der Waals surface area contributed by atoms with Crippen molar-refractivity contribution in [3.63, 3.8) is 0 Å². The molecule has 1 saturated heterocycles. The highest BCUT2D eigenvalue weighted by molar-refractivity contribution is 7.88. The lowest BCUT2D eigenvalue weighted by Crippen LogP contribution is -2.43. The number of benzene rings is 2. The Bertz CT molecular complexity index is 1060. The van der Waals surface area contributed by atoms with Gasteiger partial charge in [-0.2, -0.15) is 0 Å². The number of piperidine rings is 1. The summed E-state index contributed by atoms with van der Waals surface area (Å²) in [5.41, 5.74) is 3.95. The predicted molar refractivity (Wildman–Crippen MR) is 126 cm³/mol. The average Bonchev–Trinajstić information content (AvgIpc) is 2.70. The molecule has 168 valence electrons. The second-order valence-corrected chi connectivity index (χ2v) is 11.1. The number of hydrogen-bond acceptors (Lipinski definition) is 3. The van der Waals surface area contributed by atoms with E-state index in [0.29, 0.717) is 41.5 Å². The topological polar surface area (TPSA) is 66.5 Å². The largest absolute Gasteiger partial charge is 0.349 e. The Morgan fingerprint density at radius 1 is 1.13 bits per heavy atom. The monoisotopic (exact) mass is 482 g/mol. The second kappa shape index (κ2) is 9.90. The summed E-state index contributed by atoms with van der Waals surface area (Å²) in [6.45, 7) is 6.71. The molecule has 2 aromatic carbocycles. The van der Waals surface area contributed by atoms with E-state index in [0.717, 1.165) is 11.1 Å². The molecule has 1 heterocycles. The number of halogens is 2. The first-order chi connectivity index (χ1) is 14.6. The van der Waals surface area contributed by atoms with Crippen LogP contribution in [0.15, 0.2) is 36.4 Å². The molecule has 1 aliphatic heterocycles. The minimum absolute atomic E-state index is 0.0229. The molecule has 0 unspecified atom stereocenters. The van der Waals surface area contributed by atoms with Crippen molar-refractivity contribution in [2.45, 2.75) is 45.4 Å². The van der Waals surface area contributed by atoms with Crippen LogP contribution in [0.25, 0.3) is 0 Å². The van der Waals surface area contributed by atoms with Gasteiger partial charge in [0.2, 0.25) is 15.9 Å². The van der Waals surface area contributed by atoms with Crippen LogP contribution in [-0.2, 0) is 20.6 Å². The number of rotatable bonds is 6. The lowest BCUT2D eigenvalue weighted by Gasteiger charge is -2.31. The van der Waals surface area contributed by atoms with Crippen molar-refractivity contribution < 1.29 is 13.2 Å². The van der Waals surface area contributed by atoms with Gasteiger partial charge < -0.3 is 5.32 Å². The Morgan fingerprint density at radius 2 is 1.81 bits per heavy atom. The SMILES string of the molecule is Cc1ccc([C@H](C)NC(=O)C2CCN(S(=O)(=O)Cc3ccc(Cl)cc3Cl)CC2)c(C)c1. The molecule has 0 aliphatic carbocycles. The molecule has 1 fully saturated rings. The summed E-state index contributed by atoms with van der Waals surface area (Å²) in [5, 5.41) is 3.90. The first kappa shape index (κ1) is 24.1. The maximum Gasteiger partial charge on any atom is 0.223 e. The molecule has 2 aromatic rings. The Balaban J connectivity index is 1.57. The molecule has 31 heavy (non-hydrogen) atoms. The van der Waals surface area contributed by atoms with Crippen LogP contribution in [0, 0.1) is 19.8 Å². The molecule has 8 heteroatoms. The van der Waals surface area contributed by atoms with E-state index in [1.165, 1.54) is 9.87 Å². The third-order valence-electron chi connectivity index (χ3n) is 5.82. The van der Waals surface area contributed by atoms with Crippen molar-refractivity contribution in [3.05, 3.63) is 68.7 Å². The van der Waals surface area contributed by atoms with Gasteiger partial charge in [-0.15, -0.1) is 0 Å². The number of hydrogen-bond donors (Lipinski definition) is 1. The van der Waals surface area contributed by atoms with E-state index in [1.807, 2.05) is 32.9 Å². The van der Waals surface area contributed by atoms with Crippen molar-refractivity contribution in [2.75, 3.05) is 13.1 Å². The molecule has 0 spiro atoms. The molecular weight excluding hydrogens is 455 g/mol. The number of sulfonamides is 1. The molecule has 3 rings (SSSR count). The van der Waals surface area contributed by atoms with Crippen LogP contribution in [0.4, 0.5) is 0 Å². The van der Waals surface area contributed by atoms with Gasteiger partial charge in [0.15, 0.2) is 0 Å². The predicted octanol–water partition coefficient (Wildman–Crippen LogP) is 5.03. The van der Waals surface area contributed by atoms with E-state index >= 15 is 0 Å². The van der Waals surface area contributed by atoms with Crippen LogP contribution in [0.1, 0.15) is 48.1 Å². The molecule has 1 aliphatic rings. The maximum atomic E-state index is 12.8. The average molecular weight is 483 g/mol. The number of amides is 1. The zero-order chi connectivity index (χ0) is 22.8. The minimum atomic E-state index is -3.52. The van der Waals surface area contributed by atoms with Crippen molar-refractivity contribution in [1.29, 1.82) is 0 Å².